The van der Waals surface area contributed by atoms with Crippen molar-refractivity contribution in [2.45, 2.75) is 18.4 Å². The first kappa shape index (κ1) is 10.8. The van der Waals surface area contributed by atoms with Crippen molar-refractivity contribution >= 4 is 11.0 Å². The molecule has 1 fully saturated rings. The number of nitrogens with zero attached hydrogens (tertiary/aromatic N) is 1. The van der Waals surface area contributed by atoms with Gasteiger partial charge in [-0.25, -0.2) is 4.98 Å². The molecule has 0 amide bonds. The van der Waals surface area contributed by atoms with Crippen LogP contribution in [-0.2, 0) is 5.54 Å². The van der Waals surface area contributed by atoms with Gasteiger partial charge in [0, 0.05) is 11.1 Å². The Balaban J connectivity index is 1.83. The largest absolute Gasteiger partial charge is 0.338 e. The van der Waals surface area contributed by atoms with E-state index in [1.165, 1.54) is 5.56 Å². The van der Waals surface area contributed by atoms with Crippen LogP contribution in [0.5, 0.6) is 0 Å². The molecule has 1 aliphatic carbocycles. The van der Waals surface area contributed by atoms with Gasteiger partial charge in [0.15, 0.2) is 0 Å². The number of fused-ring (bicyclic) bond motifs is 1. The van der Waals surface area contributed by atoms with E-state index >= 15 is 0 Å². The summed E-state index contributed by atoms with van der Waals surface area (Å²) in [6.07, 6.45) is 2.16. The molecule has 19 heavy (non-hydrogen) atoms. The number of hydrogen-bond acceptors (Lipinski definition) is 2. The number of benzene rings is 2. The van der Waals surface area contributed by atoms with Crippen molar-refractivity contribution < 1.29 is 0 Å². The molecule has 4 rings (SSSR count). The second-order valence-corrected chi connectivity index (χ2v) is 5.34. The van der Waals surface area contributed by atoms with E-state index in [-0.39, 0.29) is 5.54 Å². The summed E-state index contributed by atoms with van der Waals surface area (Å²) in [5.41, 5.74) is 10.5. The molecule has 0 radical (unpaired) electrons. The van der Waals surface area contributed by atoms with Gasteiger partial charge in [-0.2, -0.15) is 0 Å². The van der Waals surface area contributed by atoms with Crippen molar-refractivity contribution in [1.82, 2.24) is 9.97 Å². The quantitative estimate of drug-likeness (QED) is 0.733. The maximum absolute atomic E-state index is 6.24. The normalized spacial score (nSPS) is 16.7. The fraction of sp³-hybridized carbons (Fsp3) is 0.188. The smallest absolute Gasteiger partial charge is 0.138 e. The number of nitrogens with one attached hydrogen (secondary N) is 1. The molecule has 0 bridgehead atoms. The molecule has 1 heterocycles. The van der Waals surface area contributed by atoms with Gasteiger partial charge in [0.1, 0.15) is 5.82 Å². The zero-order valence-electron chi connectivity index (χ0n) is 10.6. The number of rotatable bonds is 2. The maximum Gasteiger partial charge on any atom is 0.138 e. The molecule has 0 spiro atoms. The molecular weight excluding hydrogens is 234 g/mol. The first-order valence-electron chi connectivity index (χ1n) is 6.59. The minimum absolute atomic E-state index is 0.0911. The third-order valence-electron chi connectivity index (χ3n) is 3.89. The van der Waals surface area contributed by atoms with E-state index in [0.717, 1.165) is 35.3 Å². The van der Waals surface area contributed by atoms with E-state index in [1.807, 2.05) is 18.2 Å². The van der Waals surface area contributed by atoms with Crippen molar-refractivity contribution in [2.75, 3.05) is 0 Å². The second kappa shape index (κ2) is 3.68. The molecular formula is C16H15N3. The van der Waals surface area contributed by atoms with Crippen molar-refractivity contribution in [1.29, 1.82) is 0 Å². The van der Waals surface area contributed by atoms with E-state index in [9.17, 15) is 0 Å². The highest BCUT2D eigenvalue weighted by Crippen LogP contribution is 2.43. The average molecular weight is 249 g/mol. The highest BCUT2D eigenvalue weighted by Gasteiger charge is 2.40. The van der Waals surface area contributed by atoms with E-state index in [2.05, 4.69) is 40.3 Å². The Bertz CT molecular complexity index is 739. The highest BCUT2D eigenvalue weighted by molar-refractivity contribution is 5.80. The lowest BCUT2D eigenvalue weighted by Crippen LogP contribution is -2.18. The molecule has 3 N–H and O–H groups in total. The van der Waals surface area contributed by atoms with Gasteiger partial charge in [-0.05, 0) is 30.5 Å². The summed E-state index contributed by atoms with van der Waals surface area (Å²) in [6.45, 7) is 0. The molecule has 94 valence electrons. The SMILES string of the molecule is NC1(c2ccc3nc(-c4ccccc4)[nH]c3c2)CC1. The van der Waals surface area contributed by atoms with E-state index < -0.39 is 0 Å². The van der Waals surface area contributed by atoms with Crippen LogP contribution < -0.4 is 5.73 Å². The van der Waals surface area contributed by atoms with Gasteiger partial charge in [-0.15, -0.1) is 0 Å². The van der Waals surface area contributed by atoms with Gasteiger partial charge in [-0.3, -0.25) is 0 Å². The molecule has 0 aliphatic heterocycles. The predicted molar refractivity (Wildman–Crippen MR) is 76.6 cm³/mol. The summed E-state index contributed by atoms with van der Waals surface area (Å²) < 4.78 is 0. The Morgan fingerprint density at radius 1 is 1.05 bits per heavy atom. The molecule has 1 saturated carbocycles. The maximum atomic E-state index is 6.24. The topological polar surface area (TPSA) is 54.7 Å². The lowest BCUT2D eigenvalue weighted by Gasteiger charge is -2.07. The number of hydrogen-bond donors (Lipinski definition) is 2. The lowest BCUT2D eigenvalue weighted by molar-refractivity contribution is 0.741. The summed E-state index contributed by atoms with van der Waals surface area (Å²) in [5.74, 6) is 0.912. The number of imidazole rings is 1. The molecule has 2 aromatic carbocycles. The fourth-order valence-corrected chi connectivity index (χ4v) is 2.48. The van der Waals surface area contributed by atoms with Gasteiger partial charge < -0.3 is 10.7 Å². The van der Waals surface area contributed by atoms with Crippen molar-refractivity contribution in [2.24, 2.45) is 5.73 Å². The Hall–Kier alpha value is -2.13. The van der Waals surface area contributed by atoms with E-state index in [4.69, 9.17) is 5.73 Å². The molecule has 3 nitrogen and oxygen atoms in total. The number of aromatic nitrogens is 2. The van der Waals surface area contributed by atoms with E-state index in [1.54, 1.807) is 0 Å². The van der Waals surface area contributed by atoms with Gasteiger partial charge in [-0.1, -0.05) is 36.4 Å². The van der Waals surface area contributed by atoms with Crippen LogP contribution in [0, 0.1) is 0 Å². The Morgan fingerprint density at radius 2 is 1.84 bits per heavy atom. The van der Waals surface area contributed by atoms with E-state index in [0.29, 0.717) is 0 Å². The van der Waals surface area contributed by atoms with Crippen LogP contribution >= 0.6 is 0 Å². The zero-order chi connectivity index (χ0) is 12.9. The summed E-state index contributed by atoms with van der Waals surface area (Å²) >= 11 is 0. The summed E-state index contributed by atoms with van der Waals surface area (Å²) in [6, 6.07) is 16.5. The van der Waals surface area contributed by atoms with Crippen LogP contribution in [0.15, 0.2) is 48.5 Å². The Morgan fingerprint density at radius 3 is 2.58 bits per heavy atom. The van der Waals surface area contributed by atoms with Crippen LogP contribution in [0.25, 0.3) is 22.4 Å². The standard InChI is InChI=1S/C16H15N3/c17-16(8-9-16)12-6-7-13-14(10-12)19-15(18-13)11-4-2-1-3-5-11/h1-7,10H,8-9,17H2,(H,18,19). The first-order valence-corrected chi connectivity index (χ1v) is 6.59. The molecule has 0 atom stereocenters. The summed E-state index contributed by atoms with van der Waals surface area (Å²) in [7, 11) is 0. The molecule has 0 saturated heterocycles. The van der Waals surface area contributed by atoms with Crippen molar-refractivity contribution in [3.63, 3.8) is 0 Å². The number of H-pyrrole nitrogens is 1. The summed E-state index contributed by atoms with van der Waals surface area (Å²) in [4.78, 5) is 8.02. The van der Waals surface area contributed by atoms with Crippen molar-refractivity contribution in [3.8, 4) is 11.4 Å². The predicted octanol–water partition coefficient (Wildman–Crippen LogP) is 3.18. The van der Waals surface area contributed by atoms with Gasteiger partial charge in [0.2, 0.25) is 0 Å². The minimum Gasteiger partial charge on any atom is -0.338 e. The third kappa shape index (κ3) is 1.74. The van der Waals surface area contributed by atoms with Gasteiger partial charge >= 0.3 is 0 Å². The van der Waals surface area contributed by atoms with Crippen molar-refractivity contribution in [3.05, 3.63) is 54.1 Å². The fourth-order valence-electron chi connectivity index (χ4n) is 2.48. The molecule has 1 aromatic heterocycles. The number of nitrogens with two attached hydrogens (primary N) is 1. The molecule has 0 unspecified atom stereocenters. The monoisotopic (exact) mass is 249 g/mol. The van der Waals surface area contributed by atoms with Gasteiger partial charge in [0.25, 0.3) is 0 Å². The first-order chi connectivity index (χ1) is 9.24. The second-order valence-electron chi connectivity index (χ2n) is 5.34. The molecule has 3 aromatic rings. The van der Waals surface area contributed by atoms with Crippen LogP contribution in [0.3, 0.4) is 0 Å². The van der Waals surface area contributed by atoms with Gasteiger partial charge in [0.05, 0.1) is 11.0 Å². The molecule has 3 heteroatoms. The van der Waals surface area contributed by atoms with Crippen LogP contribution in [0.4, 0.5) is 0 Å². The average Bonchev–Trinajstić information content (AvgIpc) is 3.06. The Kier molecular flexibility index (Phi) is 2.09. The molecule has 1 aliphatic rings. The zero-order valence-corrected chi connectivity index (χ0v) is 10.6. The highest BCUT2D eigenvalue weighted by atomic mass is 14.9. The minimum atomic E-state index is -0.0911. The number of aromatic amines is 1. The van der Waals surface area contributed by atoms with Crippen LogP contribution in [0.2, 0.25) is 0 Å². The lowest BCUT2D eigenvalue weighted by atomic mass is 10.1. The van der Waals surface area contributed by atoms with Crippen LogP contribution in [-0.4, -0.2) is 9.97 Å². The van der Waals surface area contributed by atoms with Crippen LogP contribution in [0.1, 0.15) is 18.4 Å². The Labute approximate surface area is 111 Å². The third-order valence-corrected chi connectivity index (χ3v) is 3.89. The summed E-state index contributed by atoms with van der Waals surface area (Å²) in [5, 5.41) is 0.